The molecule has 6 nitrogen and oxygen atoms in total. The number of hydrogen-bond donors (Lipinski definition) is 1. The van der Waals surface area contributed by atoms with Crippen molar-refractivity contribution in [3.63, 3.8) is 0 Å². The second kappa shape index (κ2) is 11.3. The van der Waals surface area contributed by atoms with Gasteiger partial charge in [-0.3, -0.25) is 19.4 Å². The Balaban J connectivity index is 1.67. The van der Waals surface area contributed by atoms with Crippen molar-refractivity contribution in [2.24, 2.45) is 5.41 Å². The van der Waals surface area contributed by atoms with E-state index in [-0.39, 0.29) is 28.2 Å². The summed E-state index contributed by atoms with van der Waals surface area (Å²) >= 11 is 5.98. The smallest absolute Gasteiger partial charge is 0.211 e. The predicted molar refractivity (Wildman–Crippen MR) is 153 cm³/mol. The van der Waals surface area contributed by atoms with Crippen molar-refractivity contribution in [3.05, 3.63) is 124 Å². The lowest BCUT2D eigenvalue weighted by atomic mass is 9.82. The van der Waals surface area contributed by atoms with Crippen LogP contribution in [-0.2, 0) is 0 Å². The number of anilines is 2. The molecule has 0 aliphatic rings. The normalized spacial score (nSPS) is 12.1. The van der Waals surface area contributed by atoms with E-state index in [2.05, 4.69) is 4.98 Å². The van der Waals surface area contributed by atoms with Gasteiger partial charge < -0.3 is 10.0 Å². The van der Waals surface area contributed by atoms with Crippen LogP contribution in [0.4, 0.5) is 11.4 Å². The number of Topliss-reactive ketones (excluding diaryl/α,β-unsaturated/α-hetero) is 2. The first-order valence-corrected chi connectivity index (χ1v) is 12.8. The van der Waals surface area contributed by atoms with Gasteiger partial charge in [-0.2, -0.15) is 0 Å². The van der Waals surface area contributed by atoms with Gasteiger partial charge in [0.25, 0.3) is 0 Å². The highest BCUT2D eigenvalue weighted by atomic mass is 35.5. The molecule has 3 aromatic carbocycles. The summed E-state index contributed by atoms with van der Waals surface area (Å²) in [7, 11) is 1.88. The monoisotopic (exact) mass is 540 g/mol. The summed E-state index contributed by atoms with van der Waals surface area (Å²) in [4.78, 5) is 46.3. The number of aromatic nitrogens is 1. The highest BCUT2D eigenvalue weighted by Crippen LogP contribution is 2.29. The molecule has 0 fully saturated rings. The molecule has 0 aliphatic carbocycles. The zero-order valence-corrected chi connectivity index (χ0v) is 22.9. The maximum atomic E-state index is 13.4. The lowest BCUT2D eigenvalue weighted by Crippen LogP contribution is -2.25. The number of benzene rings is 3. The topological polar surface area (TPSA) is 87.6 Å². The first kappa shape index (κ1) is 27.9. The third-order valence-electron chi connectivity index (χ3n) is 6.42. The molecule has 0 aliphatic heterocycles. The van der Waals surface area contributed by atoms with Gasteiger partial charge in [-0.15, -0.1) is 0 Å². The largest absolute Gasteiger partial charge is 0.380 e. The van der Waals surface area contributed by atoms with E-state index in [0.29, 0.717) is 10.6 Å². The molecular formula is C32H29ClN2O4. The SMILES string of the molecule is CN(c1ccc(Cl)cc1)c1ccc(C(=O)c2ccc(C(=O)C(C)(C)C)c(C(=O)C(O)c3ccccc3)c2)nc1. The summed E-state index contributed by atoms with van der Waals surface area (Å²) in [6, 6.07) is 23.6. The Morgan fingerprint density at radius 1 is 0.846 bits per heavy atom. The highest BCUT2D eigenvalue weighted by Gasteiger charge is 2.30. The van der Waals surface area contributed by atoms with Crippen molar-refractivity contribution in [3.8, 4) is 0 Å². The summed E-state index contributed by atoms with van der Waals surface area (Å²) in [5.74, 6) is -1.33. The van der Waals surface area contributed by atoms with Crippen LogP contribution in [0.5, 0.6) is 0 Å². The van der Waals surface area contributed by atoms with Crippen LogP contribution in [0.2, 0.25) is 5.02 Å². The molecule has 0 spiro atoms. The fourth-order valence-electron chi connectivity index (χ4n) is 4.11. The molecule has 0 amide bonds. The van der Waals surface area contributed by atoms with E-state index in [1.165, 1.54) is 18.2 Å². The van der Waals surface area contributed by atoms with Crippen LogP contribution in [0.15, 0.2) is 91.1 Å². The molecule has 7 heteroatoms. The number of halogens is 1. The molecule has 1 N–H and O–H groups in total. The van der Waals surface area contributed by atoms with Crippen molar-refractivity contribution in [1.82, 2.24) is 4.98 Å². The van der Waals surface area contributed by atoms with Gasteiger partial charge in [0.05, 0.1) is 11.9 Å². The van der Waals surface area contributed by atoms with Crippen LogP contribution < -0.4 is 4.90 Å². The molecule has 1 aromatic heterocycles. The van der Waals surface area contributed by atoms with Gasteiger partial charge in [-0.25, -0.2) is 0 Å². The average Bonchev–Trinajstić information content (AvgIpc) is 2.95. The molecule has 1 heterocycles. The minimum atomic E-state index is -1.48. The molecule has 1 atom stereocenters. The van der Waals surface area contributed by atoms with E-state index in [4.69, 9.17) is 11.6 Å². The number of nitrogens with zero attached hydrogens (tertiary/aromatic N) is 2. The summed E-state index contributed by atoms with van der Waals surface area (Å²) in [6.45, 7) is 5.26. The van der Waals surface area contributed by atoms with Gasteiger partial charge in [0.2, 0.25) is 5.78 Å². The fourth-order valence-corrected chi connectivity index (χ4v) is 4.23. The summed E-state index contributed by atoms with van der Waals surface area (Å²) in [5.41, 5.74) is 1.82. The molecule has 198 valence electrons. The number of hydrogen-bond acceptors (Lipinski definition) is 6. The minimum Gasteiger partial charge on any atom is -0.380 e. The Morgan fingerprint density at radius 2 is 1.49 bits per heavy atom. The number of carbonyl (C=O) groups is 3. The highest BCUT2D eigenvalue weighted by molar-refractivity contribution is 6.30. The molecule has 1 unspecified atom stereocenters. The van der Waals surface area contributed by atoms with Gasteiger partial charge >= 0.3 is 0 Å². The number of rotatable bonds is 8. The van der Waals surface area contributed by atoms with Crippen molar-refractivity contribution in [1.29, 1.82) is 0 Å². The fraction of sp³-hybridized carbons (Fsp3) is 0.188. The van der Waals surface area contributed by atoms with Crippen LogP contribution in [0.25, 0.3) is 0 Å². The number of aliphatic hydroxyl groups excluding tert-OH is 1. The lowest BCUT2D eigenvalue weighted by Gasteiger charge is -2.20. The second-order valence-corrected chi connectivity index (χ2v) is 10.7. The Hall–Kier alpha value is -4.13. The van der Waals surface area contributed by atoms with Crippen molar-refractivity contribution in [2.45, 2.75) is 26.9 Å². The van der Waals surface area contributed by atoms with Crippen LogP contribution in [-0.4, -0.2) is 34.5 Å². The van der Waals surface area contributed by atoms with Gasteiger partial charge in [0, 0.05) is 39.9 Å². The maximum absolute atomic E-state index is 13.4. The number of pyridine rings is 1. The molecule has 0 bridgehead atoms. The first-order chi connectivity index (χ1) is 18.5. The Morgan fingerprint density at radius 3 is 2.08 bits per heavy atom. The average molecular weight is 541 g/mol. The van der Waals surface area contributed by atoms with E-state index in [9.17, 15) is 19.5 Å². The summed E-state index contributed by atoms with van der Waals surface area (Å²) in [6.07, 6.45) is 0.105. The third kappa shape index (κ3) is 6.14. The van der Waals surface area contributed by atoms with Crippen LogP contribution in [0.3, 0.4) is 0 Å². The van der Waals surface area contributed by atoms with Crippen LogP contribution in [0.1, 0.15) is 69.2 Å². The quantitative estimate of drug-likeness (QED) is 0.245. The van der Waals surface area contributed by atoms with Crippen LogP contribution >= 0.6 is 11.6 Å². The lowest BCUT2D eigenvalue weighted by molar-refractivity contribution is 0.0737. The molecule has 4 aromatic rings. The van der Waals surface area contributed by atoms with Crippen LogP contribution in [0, 0.1) is 5.41 Å². The van der Waals surface area contributed by atoms with Crippen molar-refractivity contribution < 1.29 is 19.5 Å². The molecule has 0 saturated heterocycles. The second-order valence-electron chi connectivity index (χ2n) is 10.3. The zero-order chi connectivity index (χ0) is 28.3. The molecule has 0 radical (unpaired) electrons. The number of carbonyl (C=O) groups excluding carboxylic acids is 3. The molecular weight excluding hydrogens is 512 g/mol. The van der Waals surface area contributed by atoms with Gasteiger partial charge in [0.1, 0.15) is 11.8 Å². The van der Waals surface area contributed by atoms with Gasteiger partial charge in [-0.05, 0) is 54.1 Å². The van der Waals surface area contributed by atoms with E-state index in [1.807, 2.05) is 24.1 Å². The zero-order valence-electron chi connectivity index (χ0n) is 22.2. The molecule has 39 heavy (non-hydrogen) atoms. The summed E-state index contributed by atoms with van der Waals surface area (Å²) in [5, 5.41) is 11.5. The minimum absolute atomic E-state index is 0.00350. The Labute approximate surface area is 232 Å². The summed E-state index contributed by atoms with van der Waals surface area (Å²) < 4.78 is 0. The standard InChI is InChI=1S/C32H29ClN2O4/c1-32(2,3)31(39)25-16-10-21(18-26(25)30(38)29(37)20-8-6-5-7-9-20)28(36)27-17-15-24(19-34-27)35(4)23-13-11-22(33)12-14-23/h5-19,29,37H,1-4H3. The van der Waals surface area contributed by atoms with E-state index in [0.717, 1.165) is 11.4 Å². The number of ketones is 3. The first-order valence-electron chi connectivity index (χ1n) is 12.4. The van der Waals surface area contributed by atoms with E-state index >= 15 is 0 Å². The Kier molecular flexibility index (Phi) is 8.09. The Bertz CT molecular complexity index is 1510. The molecule has 4 rings (SSSR count). The van der Waals surface area contributed by atoms with E-state index < -0.39 is 23.1 Å². The van der Waals surface area contributed by atoms with E-state index in [1.54, 1.807) is 81.6 Å². The van der Waals surface area contributed by atoms with Crippen molar-refractivity contribution in [2.75, 3.05) is 11.9 Å². The van der Waals surface area contributed by atoms with Gasteiger partial charge in [-0.1, -0.05) is 68.8 Å². The number of aliphatic hydroxyl groups is 1. The third-order valence-corrected chi connectivity index (χ3v) is 6.67. The molecule has 0 saturated carbocycles. The van der Waals surface area contributed by atoms with Crippen molar-refractivity contribution >= 4 is 40.3 Å². The van der Waals surface area contributed by atoms with Gasteiger partial charge in [0.15, 0.2) is 11.6 Å². The predicted octanol–water partition coefficient (Wildman–Crippen LogP) is 6.88. The maximum Gasteiger partial charge on any atom is 0.211 e.